The second-order valence-electron chi connectivity index (χ2n) is 4.87. The highest BCUT2D eigenvalue weighted by molar-refractivity contribution is 5.28. The highest BCUT2D eigenvalue weighted by Gasteiger charge is 2.09. The van der Waals surface area contributed by atoms with E-state index in [4.69, 9.17) is 0 Å². The van der Waals surface area contributed by atoms with E-state index in [9.17, 15) is 0 Å². The van der Waals surface area contributed by atoms with Crippen LogP contribution in [-0.2, 0) is 13.6 Å². The zero-order valence-corrected chi connectivity index (χ0v) is 11.6. The molecule has 2 rings (SSSR count). The number of benzene rings is 1. The molecule has 0 unspecified atom stereocenters. The van der Waals surface area contributed by atoms with Crippen LogP contribution in [0.25, 0.3) is 0 Å². The molecule has 0 aliphatic rings. The molecule has 1 N–H and O–H groups in total. The highest BCUT2D eigenvalue weighted by Crippen LogP contribution is 2.17. The first kappa shape index (κ1) is 12.8. The summed E-state index contributed by atoms with van der Waals surface area (Å²) in [6.07, 6.45) is 2.08. The number of rotatable bonds is 4. The summed E-state index contributed by atoms with van der Waals surface area (Å²) in [6, 6.07) is 8.87. The standard InChI is InChI=1S/C15H21N3/c1-11-7-5-6-8-15(11)13(3)16-9-14-10-18(4)17-12(14)2/h5-8,10,13,16H,9H2,1-4H3/t13-/m1/s1. The van der Waals surface area contributed by atoms with Crippen LogP contribution in [0.4, 0.5) is 0 Å². The summed E-state index contributed by atoms with van der Waals surface area (Å²) in [6.45, 7) is 7.27. The van der Waals surface area contributed by atoms with Crippen molar-refractivity contribution in [2.75, 3.05) is 0 Å². The summed E-state index contributed by atoms with van der Waals surface area (Å²) >= 11 is 0. The van der Waals surface area contributed by atoms with Crippen molar-refractivity contribution < 1.29 is 0 Å². The summed E-state index contributed by atoms with van der Waals surface area (Å²) in [5.41, 5.74) is 5.05. The summed E-state index contributed by atoms with van der Waals surface area (Å²) in [5, 5.41) is 7.91. The molecule has 1 heterocycles. The van der Waals surface area contributed by atoms with E-state index in [1.165, 1.54) is 16.7 Å². The predicted octanol–water partition coefficient (Wildman–Crippen LogP) is 2.89. The molecule has 0 aliphatic heterocycles. The van der Waals surface area contributed by atoms with Crippen molar-refractivity contribution in [3.05, 3.63) is 52.8 Å². The molecule has 0 aliphatic carbocycles. The number of nitrogens with one attached hydrogen (secondary N) is 1. The molecule has 0 bridgehead atoms. The van der Waals surface area contributed by atoms with Crippen LogP contribution in [0.5, 0.6) is 0 Å². The summed E-state index contributed by atoms with van der Waals surface area (Å²) in [4.78, 5) is 0. The van der Waals surface area contributed by atoms with E-state index in [0.717, 1.165) is 12.2 Å². The lowest BCUT2D eigenvalue weighted by molar-refractivity contribution is 0.571. The van der Waals surface area contributed by atoms with Gasteiger partial charge >= 0.3 is 0 Å². The highest BCUT2D eigenvalue weighted by atomic mass is 15.2. The minimum atomic E-state index is 0.353. The molecule has 1 aromatic carbocycles. The molecule has 96 valence electrons. The van der Waals surface area contributed by atoms with E-state index < -0.39 is 0 Å². The van der Waals surface area contributed by atoms with Gasteiger partial charge in [0.1, 0.15) is 0 Å². The van der Waals surface area contributed by atoms with Gasteiger partial charge in [0.15, 0.2) is 0 Å². The van der Waals surface area contributed by atoms with E-state index >= 15 is 0 Å². The van der Waals surface area contributed by atoms with Crippen LogP contribution in [0, 0.1) is 13.8 Å². The largest absolute Gasteiger partial charge is 0.306 e. The second kappa shape index (κ2) is 5.36. The van der Waals surface area contributed by atoms with Crippen molar-refractivity contribution in [3.63, 3.8) is 0 Å². The quantitative estimate of drug-likeness (QED) is 0.895. The smallest absolute Gasteiger partial charge is 0.0638 e. The summed E-state index contributed by atoms with van der Waals surface area (Å²) in [7, 11) is 1.96. The molecule has 1 atom stereocenters. The fourth-order valence-corrected chi connectivity index (χ4v) is 2.27. The normalized spacial score (nSPS) is 12.7. The maximum absolute atomic E-state index is 4.36. The van der Waals surface area contributed by atoms with Crippen molar-refractivity contribution in [2.45, 2.75) is 33.4 Å². The summed E-state index contributed by atoms with van der Waals surface area (Å²) in [5.74, 6) is 0. The van der Waals surface area contributed by atoms with Crippen LogP contribution in [0.15, 0.2) is 30.5 Å². The Hall–Kier alpha value is -1.61. The molecule has 1 aromatic heterocycles. The Balaban J connectivity index is 2.03. The minimum absolute atomic E-state index is 0.353. The molecule has 3 nitrogen and oxygen atoms in total. The number of nitrogens with zero attached hydrogens (tertiary/aromatic N) is 2. The molecule has 3 heteroatoms. The molecule has 0 saturated carbocycles. The Morgan fingerprint density at radius 1 is 1.28 bits per heavy atom. The third-order valence-electron chi connectivity index (χ3n) is 3.37. The predicted molar refractivity (Wildman–Crippen MR) is 74.4 cm³/mol. The lowest BCUT2D eigenvalue weighted by Gasteiger charge is -2.16. The first-order valence-corrected chi connectivity index (χ1v) is 6.36. The monoisotopic (exact) mass is 243 g/mol. The maximum atomic E-state index is 4.36. The third kappa shape index (κ3) is 2.79. The Labute approximate surface area is 109 Å². The van der Waals surface area contributed by atoms with Crippen molar-refractivity contribution in [2.24, 2.45) is 7.05 Å². The molecular formula is C15H21N3. The van der Waals surface area contributed by atoms with Gasteiger partial charge in [-0.15, -0.1) is 0 Å². The fourth-order valence-electron chi connectivity index (χ4n) is 2.27. The number of hydrogen-bond acceptors (Lipinski definition) is 2. The first-order valence-electron chi connectivity index (χ1n) is 6.36. The molecule has 0 radical (unpaired) electrons. The molecule has 0 amide bonds. The van der Waals surface area contributed by atoms with Gasteiger partial charge in [-0.25, -0.2) is 0 Å². The van der Waals surface area contributed by atoms with E-state index in [-0.39, 0.29) is 0 Å². The Morgan fingerprint density at radius 3 is 2.61 bits per heavy atom. The van der Waals surface area contributed by atoms with Crippen LogP contribution in [0.3, 0.4) is 0 Å². The van der Waals surface area contributed by atoms with Crippen LogP contribution < -0.4 is 5.32 Å². The minimum Gasteiger partial charge on any atom is -0.306 e. The van der Waals surface area contributed by atoms with E-state index in [2.05, 4.69) is 61.6 Å². The van der Waals surface area contributed by atoms with Crippen molar-refractivity contribution in [3.8, 4) is 0 Å². The lowest BCUT2D eigenvalue weighted by Crippen LogP contribution is -2.19. The molecular weight excluding hydrogens is 222 g/mol. The van der Waals surface area contributed by atoms with Gasteiger partial charge in [-0.2, -0.15) is 5.10 Å². The van der Waals surface area contributed by atoms with Gasteiger partial charge in [-0.3, -0.25) is 4.68 Å². The lowest BCUT2D eigenvalue weighted by atomic mass is 10.0. The topological polar surface area (TPSA) is 29.9 Å². The van der Waals surface area contributed by atoms with Gasteiger partial charge in [-0.05, 0) is 31.9 Å². The fraction of sp³-hybridized carbons (Fsp3) is 0.400. The average molecular weight is 243 g/mol. The molecule has 0 saturated heterocycles. The van der Waals surface area contributed by atoms with Crippen LogP contribution in [0.1, 0.15) is 35.3 Å². The second-order valence-corrected chi connectivity index (χ2v) is 4.87. The van der Waals surface area contributed by atoms with Gasteiger partial charge in [0.05, 0.1) is 5.69 Å². The molecule has 18 heavy (non-hydrogen) atoms. The molecule has 2 aromatic rings. The Kier molecular flexibility index (Phi) is 3.82. The number of aromatic nitrogens is 2. The number of hydrogen-bond donors (Lipinski definition) is 1. The molecule has 0 spiro atoms. The maximum Gasteiger partial charge on any atom is 0.0638 e. The van der Waals surface area contributed by atoms with Gasteiger partial charge in [0.2, 0.25) is 0 Å². The number of aryl methyl sites for hydroxylation is 3. The average Bonchev–Trinajstić information content (AvgIpc) is 2.65. The Bertz CT molecular complexity index is 528. The Morgan fingerprint density at radius 2 is 2.00 bits per heavy atom. The van der Waals surface area contributed by atoms with Gasteiger partial charge in [-0.1, -0.05) is 24.3 Å². The van der Waals surface area contributed by atoms with E-state index in [0.29, 0.717) is 6.04 Å². The van der Waals surface area contributed by atoms with Crippen LogP contribution >= 0.6 is 0 Å². The van der Waals surface area contributed by atoms with Crippen LogP contribution in [-0.4, -0.2) is 9.78 Å². The SMILES string of the molecule is Cc1ccccc1[C@@H](C)NCc1cn(C)nc1C. The zero-order valence-electron chi connectivity index (χ0n) is 11.6. The van der Waals surface area contributed by atoms with Crippen molar-refractivity contribution in [1.82, 2.24) is 15.1 Å². The molecule has 0 fully saturated rings. The van der Waals surface area contributed by atoms with Gasteiger partial charge < -0.3 is 5.32 Å². The van der Waals surface area contributed by atoms with E-state index in [1.807, 2.05) is 11.7 Å². The van der Waals surface area contributed by atoms with Gasteiger partial charge in [0, 0.05) is 31.4 Å². The summed E-state index contributed by atoms with van der Waals surface area (Å²) < 4.78 is 1.87. The van der Waals surface area contributed by atoms with Crippen molar-refractivity contribution in [1.29, 1.82) is 0 Å². The van der Waals surface area contributed by atoms with Gasteiger partial charge in [0.25, 0.3) is 0 Å². The third-order valence-corrected chi connectivity index (χ3v) is 3.37. The van der Waals surface area contributed by atoms with Crippen LogP contribution in [0.2, 0.25) is 0 Å². The first-order chi connectivity index (χ1) is 8.58. The van der Waals surface area contributed by atoms with Crippen molar-refractivity contribution >= 4 is 0 Å². The zero-order chi connectivity index (χ0) is 13.1. The van der Waals surface area contributed by atoms with E-state index in [1.54, 1.807) is 0 Å².